The lowest BCUT2D eigenvalue weighted by atomic mass is 9.81. The summed E-state index contributed by atoms with van der Waals surface area (Å²) in [6.45, 7) is 12.1. The van der Waals surface area contributed by atoms with Gasteiger partial charge in [0.05, 0.1) is 21.8 Å². The summed E-state index contributed by atoms with van der Waals surface area (Å²) in [6, 6.07) is 18.4. The van der Waals surface area contributed by atoms with Gasteiger partial charge >= 0.3 is 0 Å². The molecule has 7 heteroatoms. The fourth-order valence-corrected chi connectivity index (χ4v) is 7.40. The summed E-state index contributed by atoms with van der Waals surface area (Å²) in [5.41, 5.74) is 3.39. The second-order valence-electron chi connectivity index (χ2n) is 12.4. The van der Waals surface area contributed by atoms with Crippen LogP contribution in [0.1, 0.15) is 58.4 Å². The van der Waals surface area contributed by atoms with Gasteiger partial charge in [0.25, 0.3) is 0 Å². The molecule has 3 aromatic heterocycles. The molecular weight excluding hydrogens is 580 g/mol. The van der Waals surface area contributed by atoms with E-state index >= 15 is 0 Å². The Hall–Kier alpha value is -3.13. The van der Waals surface area contributed by atoms with Crippen molar-refractivity contribution < 1.29 is 23.0 Å². The zero-order chi connectivity index (χ0) is 30.9. The summed E-state index contributed by atoms with van der Waals surface area (Å²) in [5, 5.41) is 5.68. The molecule has 3 heterocycles. The number of para-hydroxylation sites is 1. The maximum atomic E-state index is 7.67. The zero-order valence-electron chi connectivity index (χ0n) is 26.1. The van der Waals surface area contributed by atoms with Crippen molar-refractivity contribution in [2.45, 2.75) is 58.3 Å². The van der Waals surface area contributed by atoms with Gasteiger partial charge in [0, 0.05) is 64.4 Å². The molecular formula is C36H37ClO5S. The van der Waals surface area contributed by atoms with E-state index in [1.54, 1.807) is 32.7 Å². The lowest BCUT2D eigenvalue weighted by molar-refractivity contribution is 0.00152. The summed E-state index contributed by atoms with van der Waals surface area (Å²) in [4.78, 5) is 0. The van der Waals surface area contributed by atoms with E-state index < -0.39 is 16.8 Å². The Kier molecular flexibility index (Phi) is 7.30. The van der Waals surface area contributed by atoms with Crippen LogP contribution < -0.4 is 0 Å². The van der Waals surface area contributed by atoms with Crippen molar-refractivity contribution in [2.24, 2.45) is 0 Å². The van der Waals surface area contributed by atoms with Crippen LogP contribution in [0.4, 0.5) is 0 Å². The van der Waals surface area contributed by atoms with Crippen molar-refractivity contribution in [1.82, 2.24) is 0 Å². The Morgan fingerprint density at radius 2 is 1.35 bits per heavy atom. The molecule has 0 aliphatic rings. The Labute approximate surface area is 261 Å². The SMILES string of the molecule is COC(C)(C)c1oc2c(C(C)(C)OC)c(-c3csc4ccccc34)c(Cl)c(C(C)(C)OC)c2c1-c1cc2ccccc2o1. The van der Waals surface area contributed by atoms with Crippen LogP contribution in [0.25, 0.3) is 54.5 Å². The minimum absolute atomic E-state index is 0.586. The molecule has 0 unspecified atom stereocenters. The highest BCUT2D eigenvalue weighted by molar-refractivity contribution is 7.17. The van der Waals surface area contributed by atoms with Crippen LogP contribution in [-0.2, 0) is 31.0 Å². The molecule has 0 fully saturated rings. The Morgan fingerprint density at radius 3 is 2.02 bits per heavy atom. The van der Waals surface area contributed by atoms with Crippen LogP contribution in [0.3, 0.4) is 0 Å². The van der Waals surface area contributed by atoms with E-state index in [0.29, 0.717) is 22.1 Å². The van der Waals surface area contributed by atoms with Crippen LogP contribution in [0, 0.1) is 0 Å². The summed E-state index contributed by atoms with van der Waals surface area (Å²) in [5.74, 6) is 1.30. The molecule has 0 aliphatic heterocycles. The number of hydrogen-bond acceptors (Lipinski definition) is 6. The average molecular weight is 617 g/mol. The van der Waals surface area contributed by atoms with Crippen molar-refractivity contribution >= 4 is 55.0 Å². The molecule has 0 radical (unpaired) electrons. The molecule has 0 N–H and O–H groups in total. The average Bonchev–Trinajstić information content (AvgIpc) is 3.71. The topological polar surface area (TPSA) is 54.0 Å². The fraction of sp³-hybridized carbons (Fsp3) is 0.333. The first-order valence-corrected chi connectivity index (χ1v) is 15.6. The van der Waals surface area contributed by atoms with E-state index in [0.717, 1.165) is 49.6 Å². The number of methoxy groups -OCH3 is 3. The number of halogens is 1. The molecule has 224 valence electrons. The van der Waals surface area contributed by atoms with Crippen LogP contribution in [0.5, 0.6) is 0 Å². The van der Waals surface area contributed by atoms with Crippen molar-refractivity contribution in [3.8, 4) is 22.5 Å². The van der Waals surface area contributed by atoms with Gasteiger partial charge in [0.1, 0.15) is 28.3 Å². The van der Waals surface area contributed by atoms with Gasteiger partial charge in [-0.25, -0.2) is 0 Å². The van der Waals surface area contributed by atoms with Crippen molar-refractivity contribution in [2.75, 3.05) is 21.3 Å². The highest BCUT2D eigenvalue weighted by Crippen LogP contribution is 2.56. The predicted molar refractivity (Wildman–Crippen MR) is 177 cm³/mol. The quantitative estimate of drug-likeness (QED) is 0.170. The van der Waals surface area contributed by atoms with Gasteiger partial charge in [0.15, 0.2) is 0 Å². The number of fused-ring (bicyclic) bond motifs is 3. The molecule has 43 heavy (non-hydrogen) atoms. The van der Waals surface area contributed by atoms with Gasteiger partial charge in [-0.05, 0) is 65.1 Å². The first-order valence-electron chi connectivity index (χ1n) is 14.3. The molecule has 5 nitrogen and oxygen atoms in total. The Balaban J connectivity index is 1.90. The van der Waals surface area contributed by atoms with E-state index in [1.165, 1.54) is 4.70 Å². The highest BCUT2D eigenvalue weighted by atomic mass is 35.5. The number of thiophene rings is 1. The third-order valence-corrected chi connectivity index (χ3v) is 10.1. The summed E-state index contributed by atoms with van der Waals surface area (Å²) >= 11 is 9.36. The minimum atomic E-state index is -0.808. The van der Waals surface area contributed by atoms with Gasteiger partial charge in [-0.1, -0.05) is 48.0 Å². The van der Waals surface area contributed by atoms with Gasteiger partial charge in [-0.2, -0.15) is 0 Å². The third-order valence-electron chi connectivity index (χ3n) is 8.78. The fourth-order valence-electron chi connectivity index (χ4n) is 5.93. The molecule has 0 aliphatic carbocycles. The molecule has 0 spiro atoms. The second-order valence-corrected chi connectivity index (χ2v) is 13.7. The molecule has 0 saturated carbocycles. The smallest absolute Gasteiger partial charge is 0.147 e. The lowest BCUT2D eigenvalue weighted by Gasteiger charge is -2.32. The normalized spacial score (nSPS) is 13.2. The number of benzene rings is 3. The van der Waals surface area contributed by atoms with E-state index in [9.17, 15) is 0 Å². The van der Waals surface area contributed by atoms with E-state index in [4.69, 9.17) is 34.6 Å². The summed E-state index contributed by atoms with van der Waals surface area (Å²) in [7, 11) is 5.10. The number of hydrogen-bond donors (Lipinski definition) is 0. The Morgan fingerprint density at radius 1 is 0.721 bits per heavy atom. The number of furan rings is 2. The maximum Gasteiger partial charge on any atom is 0.147 e. The standard InChI is InChI=1S/C36H37ClO5S/c1-34(2,38-7)29-28-27(24-18-20-14-10-12-16-23(20)41-24)33(36(5,6)40-9)42-32(28)30(35(3,4)39-8)26(31(29)37)22-19-43-25-17-13-11-15-21(22)25/h10-19H,1-9H3. The maximum absolute atomic E-state index is 7.67. The molecule has 0 saturated heterocycles. The van der Waals surface area contributed by atoms with Gasteiger partial charge in [-0.15, -0.1) is 11.3 Å². The first-order chi connectivity index (χ1) is 20.4. The van der Waals surface area contributed by atoms with Crippen molar-refractivity contribution in [3.05, 3.63) is 81.9 Å². The first kappa shape index (κ1) is 29.9. The summed E-state index contributed by atoms with van der Waals surface area (Å²) < 4.78 is 33.2. The second kappa shape index (κ2) is 10.5. The van der Waals surface area contributed by atoms with Crippen molar-refractivity contribution in [1.29, 1.82) is 0 Å². The van der Waals surface area contributed by atoms with Gasteiger partial charge in [-0.3, -0.25) is 0 Å². The third kappa shape index (κ3) is 4.63. The van der Waals surface area contributed by atoms with Crippen LogP contribution in [0.2, 0.25) is 5.02 Å². The monoisotopic (exact) mass is 616 g/mol. The van der Waals surface area contributed by atoms with Gasteiger partial charge < -0.3 is 23.0 Å². The highest BCUT2D eigenvalue weighted by Gasteiger charge is 2.42. The Bertz CT molecular complexity index is 1950. The number of ether oxygens (including phenoxy) is 3. The van der Waals surface area contributed by atoms with E-state index in [2.05, 4.69) is 29.6 Å². The van der Waals surface area contributed by atoms with Crippen LogP contribution >= 0.6 is 22.9 Å². The predicted octanol–water partition coefficient (Wildman–Crippen LogP) is 11.0. The van der Waals surface area contributed by atoms with Crippen molar-refractivity contribution in [3.63, 3.8) is 0 Å². The molecule has 0 bridgehead atoms. The largest absolute Gasteiger partial charge is 0.457 e. The van der Waals surface area contributed by atoms with E-state index in [-0.39, 0.29) is 0 Å². The molecule has 3 aromatic carbocycles. The molecule has 6 rings (SSSR count). The minimum Gasteiger partial charge on any atom is -0.457 e. The van der Waals surface area contributed by atoms with Gasteiger partial charge in [0.2, 0.25) is 0 Å². The zero-order valence-corrected chi connectivity index (χ0v) is 27.7. The summed E-state index contributed by atoms with van der Waals surface area (Å²) in [6.07, 6.45) is 0. The van der Waals surface area contributed by atoms with E-state index in [1.807, 2.05) is 71.9 Å². The van der Waals surface area contributed by atoms with Crippen LogP contribution in [0.15, 0.2) is 68.8 Å². The molecule has 0 atom stereocenters. The molecule has 6 aromatic rings. The number of rotatable bonds is 8. The van der Waals surface area contributed by atoms with Crippen LogP contribution in [-0.4, -0.2) is 21.3 Å². The lowest BCUT2D eigenvalue weighted by Crippen LogP contribution is -2.25. The molecule has 0 amide bonds.